The van der Waals surface area contributed by atoms with Gasteiger partial charge in [-0.05, 0) is 35.8 Å². The molecule has 0 atom stereocenters. The number of aryl methyl sites for hydroxylation is 1. The second-order valence-corrected chi connectivity index (χ2v) is 7.82. The summed E-state index contributed by atoms with van der Waals surface area (Å²) < 4.78 is 5.97. The number of aliphatic hydroxyl groups excluding tert-OH is 1. The zero-order chi connectivity index (χ0) is 21.1. The fraction of sp³-hybridized carbons (Fsp3) is 0.375. The maximum absolute atomic E-state index is 12.9. The number of nitrogens with zero attached hydrogens (tertiary/aromatic N) is 2. The van der Waals surface area contributed by atoms with Gasteiger partial charge in [0.15, 0.2) is 5.76 Å². The van der Waals surface area contributed by atoms with Crippen LogP contribution in [0.15, 0.2) is 42.2 Å². The molecule has 30 heavy (non-hydrogen) atoms. The molecule has 2 aliphatic rings. The molecule has 0 unspecified atom stereocenters. The van der Waals surface area contributed by atoms with Crippen molar-refractivity contribution in [1.29, 1.82) is 0 Å². The number of ketones is 1. The van der Waals surface area contributed by atoms with Gasteiger partial charge in [-0.1, -0.05) is 31.2 Å². The predicted octanol–water partition coefficient (Wildman–Crippen LogP) is 2.68. The van der Waals surface area contributed by atoms with Crippen LogP contribution in [0.2, 0.25) is 0 Å². The number of hydrogen-bond acceptors (Lipinski definition) is 6. The molecule has 1 saturated heterocycles. The molecule has 2 aliphatic heterocycles. The first kappa shape index (κ1) is 20.6. The van der Waals surface area contributed by atoms with E-state index in [1.807, 2.05) is 24.3 Å². The highest BCUT2D eigenvalue weighted by Gasteiger charge is 2.32. The number of carbonyl (C=O) groups excluding carboxylic acids is 1. The van der Waals surface area contributed by atoms with Gasteiger partial charge < -0.3 is 14.9 Å². The summed E-state index contributed by atoms with van der Waals surface area (Å²) in [6.07, 6.45) is 2.73. The van der Waals surface area contributed by atoms with Crippen molar-refractivity contribution in [1.82, 2.24) is 9.80 Å². The number of aliphatic hydroxyl groups is 1. The number of rotatable bonds is 6. The number of phenolic OH excluding ortho intramolecular Hbond substituents is 1. The van der Waals surface area contributed by atoms with Crippen LogP contribution in [-0.4, -0.2) is 65.1 Å². The Morgan fingerprint density at radius 3 is 2.40 bits per heavy atom. The zero-order valence-electron chi connectivity index (χ0n) is 17.3. The normalized spacial score (nSPS) is 18.6. The summed E-state index contributed by atoms with van der Waals surface area (Å²) in [5, 5.41) is 19.6. The number of phenols is 1. The number of piperazine rings is 1. The van der Waals surface area contributed by atoms with Gasteiger partial charge in [0.2, 0.25) is 5.78 Å². The Balaban J connectivity index is 1.53. The molecule has 1 fully saturated rings. The minimum atomic E-state index is -0.154. The molecule has 0 radical (unpaired) electrons. The Morgan fingerprint density at radius 1 is 1.03 bits per heavy atom. The van der Waals surface area contributed by atoms with Gasteiger partial charge in [-0.2, -0.15) is 0 Å². The summed E-state index contributed by atoms with van der Waals surface area (Å²) in [5.74, 6) is 0.745. The molecule has 0 aromatic heterocycles. The third-order valence-corrected chi connectivity index (χ3v) is 5.86. The van der Waals surface area contributed by atoms with Crippen LogP contribution in [-0.2, 0) is 13.0 Å². The number of β-amino-alcohol motifs (C(OH)–C–C–N with tert-alkyl or cyclic N) is 1. The standard InChI is InChI=1S/C24H28N2O4/c1-2-17-3-5-18(6-4-17)15-22-23(29)19-7-8-21(28)20(24(19)30-22)16-26-11-9-25(10-12-26)13-14-27/h3-8,15,27-28H,2,9-14,16H2,1H3/b22-15+. The van der Waals surface area contributed by atoms with Crippen LogP contribution >= 0.6 is 0 Å². The molecule has 0 spiro atoms. The molecule has 6 heteroatoms. The first-order valence-corrected chi connectivity index (χ1v) is 10.5. The van der Waals surface area contributed by atoms with Crippen molar-refractivity contribution in [2.75, 3.05) is 39.3 Å². The van der Waals surface area contributed by atoms with Gasteiger partial charge in [0.05, 0.1) is 17.7 Å². The van der Waals surface area contributed by atoms with E-state index in [1.165, 1.54) is 5.56 Å². The molecular weight excluding hydrogens is 380 g/mol. The van der Waals surface area contributed by atoms with Gasteiger partial charge in [0, 0.05) is 39.3 Å². The van der Waals surface area contributed by atoms with Crippen LogP contribution in [0.5, 0.6) is 11.5 Å². The summed E-state index contributed by atoms with van der Waals surface area (Å²) >= 11 is 0. The van der Waals surface area contributed by atoms with Gasteiger partial charge in [0.25, 0.3) is 0 Å². The summed E-state index contributed by atoms with van der Waals surface area (Å²) in [4.78, 5) is 17.3. The van der Waals surface area contributed by atoms with Gasteiger partial charge in [0.1, 0.15) is 11.5 Å². The van der Waals surface area contributed by atoms with Gasteiger partial charge >= 0.3 is 0 Å². The van der Waals surface area contributed by atoms with E-state index in [-0.39, 0.29) is 23.9 Å². The Bertz CT molecular complexity index is 944. The van der Waals surface area contributed by atoms with E-state index in [0.29, 0.717) is 30.0 Å². The smallest absolute Gasteiger partial charge is 0.231 e. The number of fused-ring (bicyclic) bond motifs is 1. The molecule has 2 N–H and O–H groups in total. The quantitative estimate of drug-likeness (QED) is 0.716. The minimum Gasteiger partial charge on any atom is -0.507 e. The lowest BCUT2D eigenvalue weighted by molar-refractivity contribution is 0.101. The van der Waals surface area contributed by atoms with E-state index < -0.39 is 0 Å². The third-order valence-electron chi connectivity index (χ3n) is 5.86. The molecule has 0 saturated carbocycles. The average Bonchev–Trinajstić information content (AvgIpc) is 3.08. The lowest BCUT2D eigenvalue weighted by atomic mass is 10.0. The first-order chi connectivity index (χ1) is 14.6. The predicted molar refractivity (Wildman–Crippen MR) is 116 cm³/mol. The van der Waals surface area contributed by atoms with Gasteiger partial charge in [-0.25, -0.2) is 0 Å². The molecule has 2 heterocycles. The van der Waals surface area contributed by atoms with E-state index in [2.05, 4.69) is 16.7 Å². The second-order valence-electron chi connectivity index (χ2n) is 7.82. The minimum absolute atomic E-state index is 0.146. The number of aromatic hydroxyl groups is 1. The highest BCUT2D eigenvalue weighted by atomic mass is 16.5. The molecule has 2 aromatic rings. The van der Waals surface area contributed by atoms with Crippen molar-refractivity contribution in [3.8, 4) is 11.5 Å². The molecule has 0 bridgehead atoms. The summed E-state index contributed by atoms with van der Waals surface area (Å²) in [6.45, 7) is 6.89. The number of allylic oxidation sites excluding steroid dienone is 1. The molecule has 0 aliphatic carbocycles. The van der Waals surface area contributed by atoms with Crippen LogP contribution in [0.4, 0.5) is 0 Å². The molecule has 158 valence electrons. The molecule has 6 nitrogen and oxygen atoms in total. The summed E-state index contributed by atoms with van der Waals surface area (Å²) in [6, 6.07) is 11.3. The van der Waals surface area contributed by atoms with E-state index in [9.17, 15) is 9.90 Å². The van der Waals surface area contributed by atoms with Crippen LogP contribution in [0.1, 0.15) is 34.0 Å². The number of hydrogen-bond donors (Lipinski definition) is 2. The molecule has 2 aromatic carbocycles. The van der Waals surface area contributed by atoms with E-state index in [1.54, 1.807) is 18.2 Å². The van der Waals surface area contributed by atoms with Crippen molar-refractivity contribution < 1.29 is 19.7 Å². The monoisotopic (exact) mass is 408 g/mol. The largest absolute Gasteiger partial charge is 0.507 e. The second kappa shape index (κ2) is 9.00. The van der Waals surface area contributed by atoms with Crippen molar-refractivity contribution in [3.63, 3.8) is 0 Å². The lowest BCUT2D eigenvalue weighted by Gasteiger charge is -2.34. The van der Waals surface area contributed by atoms with Gasteiger partial charge in [-0.3, -0.25) is 14.6 Å². The fourth-order valence-electron chi connectivity index (χ4n) is 3.99. The highest BCUT2D eigenvalue weighted by molar-refractivity contribution is 6.15. The maximum atomic E-state index is 12.9. The van der Waals surface area contributed by atoms with Crippen molar-refractivity contribution >= 4 is 11.9 Å². The zero-order valence-corrected chi connectivity index (χ0v) is 17.3. The number of carbonyl (C=O) groups is 1. The molecule has 0 amide bonds. The summed E-state index contributed by atoms with van der Waals surface area (Å²) in [7, 11) is 0. The van der Waals surface area contributed by atoms with Crippen LogP contribution in [0.25, 0.3) is 6.08 Å². The Labute approximate surface area is 177 Å². The Kier molecular flexibility index (Phi) is 6.18. The topological polar surface area (TPSA) is 73.2 Å². The first-order valence-electron chi connectivity index (χ1n) is 10.5. The molecule has 4 rings (SSSR count). The Morgan fingerprint density at radius 2 is 1.73 bits per heavy atom. The van der Waals surface area contributed by atoms with Crippen molar-refractivity contribution in [3.05, 3.63) is 64.4 Å². The summed E-state index contributed by atoms with van der Waals surface area (Å²) in [5.41, 5.74) is 3.30. The van der Waals surface area contributed by atoms with E-state index >= 15 is 0 Å². The van der Waals surface area contributed by atoms with E-state index in [4.69, 9.17) is 9.84 Å². The lowest BCUT2D eigenvalue weighted by Crippen LogP contribution is -2.46. The number of Topliss-reactive ketones (excluding diaryl/α,β-unsaturated/α-hetero) is 1. The van der Waals surface area contributed by atoms with E-state index in [0.717, 1.165) is 38.2 Å². The van der Waals surface area contributed by atoms with Crippen LogP contribution in [0.3, 0.4) is 0 Å². The van der Waals surface area contributed by atoms with Crippen LogP contribution < -0.4 is 4.74 Å². The third kappa shape index (κ3) is 4.26. The number of benzene rings is 2. The van der Waals surface area contributed by atoms with Crippen molar-refractivity contribution in [2.45, 2.75) is 19.9 Å². The van der Waals surface area contributed by atoms with Gasteiger partial charge in [-0.15, -0.1) is 0 Å². The fourth-order valence-corrected chi connectivity index (χ4v) is 3.99. The highest BCUT2D eigenvalue weighted by Crippen LogP contribution is 2.40. The number of ether oxygens (including phenoxy) is 1. The average molecular weight is 408 g/mol. The molecular formula is C24H28N2O4. The van der Waals surface area contributed by atoms with Crippen LogP contribution in [0, 0.1) is 0 Å². The maximum Gasteiger partial charge on any atom is 0.231 e. The van der Waals surface area contributed by atoms with Crippen molar-refractivity contribution in [2.24, 2.45) is 0 Å². The Hall–Kier alpha value is -2.67. The SMILES string of the molecule is CCc1ccc(/C=C2/Oc3c(ccc(O)c3CN3CCN(CCO)CC3)C2=O)cc1.